The highest BCUT2D eigenvalue weighted by molar-refractivity contribution is 6.76. The molecule has 98 valence electrons. The largest absolute Gasteiger partial charge is 0.375 e. The molecule has 18 heavy (non-hydrogen) atoms. The fourth-order valence-electron chi connectivity index (χ4n) is 1.68. The van der Waals surface area contributed by atoms with Crippen LogP contribution in [0.2, 0.25) is 25.7 Å². The van der Waals surface area contributed by atoms with E-state index in [1.54, 1.807) is 0 Å². The van der Waals surface area contributed by atoms with E-state index in [1.807, 2.05) is 12.3 Å². The first-order valence-electron chi connectivity index (χ1n) is 6.13. The molecule has 3 N–H and O–H groups in total. The smallest absolute Gasteiger partial charge is 0.222 e. The summed E-state index contributed by atoms with van der Waals surface area (Å²) in [6.45, 7) is 8.28. The molecule has 0 fully saturated rings. The molecule has 0 aliphatic heterocycles. The topological polar surface area (TPSA) is 76.8 Å². The number of H-pyrrole nitrogens is 1. The first-order valence-corrected chi connectivity index (χ1v) is 9.84. The van der Waals surface area contributed by atoms with Gasteiger partial charge in [0.15, 0.2) is 0 Å². The number of hydrogen-bond donors (Lipinski definition) is 2. The number of aromatic amines is 1. The quantitative estimate of drug-likeness (QED) is 0.642. The van der Waals surface area contributed by atoms with Gasteiger partial charge in [-0.3, -0.25) is 0 Å². The van der Waals surface area contributed by atoms with Crippen molar-refractivity contribution >= 4 is 25.1 Å². The molecule has 0 atom stereocenters. The van der Waals surface area contributed by atoms with E-state index < -0.39 is 8.07 Å². The van der Waals surface area contributed by atoms with Crippen LogP contribution >= 0.6 is 0 Å². The standard InChI is InChI=1S/C12H20N4OSi/c1-18(2,3)7-6-17-8-10-9-4-5-14-11(9)16-12(13)15-10/h4-5H,6-8H2,1-3H3,(H3,13,14,15,16). The van der Waals surface area contributed by atoms with Crippen LogP contribution < -0.4 is 5.73 Å². The molecular formula is C12H20N4OSi. The van der Waals surface area contributed by atoms with E-state index in [4.69, 9.17) is 10.5 Å². The molecule has 0 radical (unpaired) electrons. The average molecular weight is 264 g/mol. The third-order valence-corrected chi connectivity index (χ3v) is 4.45. The highest BCUT2D eigenvalue weighted by Gasteiger charge is 2.13. The normalized spacial score (nSPS) is 12.2. The van der Waals surface area contributed by atoms with E-state index >= 15 is 0 Å². The Bertz CT molecular complexity index is 532. The first kappa shape index (κ1) is 13.0. The van der Waals surface area contributed by atoms with E-state index in [2.05, 4.69) is 34.6 Å². The number of hydrogen-bond acceptors (Lipinski definition) is 4. The highest BCUT2D eigenvalue weighted by Crippen LogP contribution is 2.16. The van der Waals surface area contributed by atoms with Crippen molar-refractivity contribution in [1.29, 1.82) is 0 Å². The lowest BCUT2D eigenvalue weighted by Crippen LogP contribution is -2.21. The second kappa shape index (κ2) is 5.07. The summed E-state index contributed by atoms with van der Waals surface area (Å²) >= 11 is 0. The van der Waals surface area contributed by atoms with Crippen molar-refractivity contribution in [3.05, 3.63) is 18.0 Å². The molecule has 6 heteroatoms. The first-order chi connectivity index (χ1) is 8.46. The van der Waals surface area contributed by atoms with Crippen LogP contribution in [0, 0.1) is 0 Å². The van der Waals surface area contributed by atoms with Crippen LogP contribution in [0.4, 0.5) is 5.95 Å². The predicted molar refractivity (Wildman–Crippen MR) is 76.1 cm³/mol. The predicted octanol–water partition coefficient (Wildman–Crippen LogP) is 2.39. The maximum atomic E-state index is 5.70. The number of rotatable bonds is 5. The number of anilines is 1. The lowest BCUT2D eigenvalue weighted by atomic mass is 10.3. The minimum atomic E-state index is -1.04. The molecule has 0 bridgehead atoms. The molecule has 2 heterocycles. The summed E-state index contributed by atoms with van der Waals surface area (Å²) in [5.41, 5.74) is 7.29. The molecule has 0 saturated carbocycles. The number of nitrogens with two attached hydrogens (primary N) is 1. The lowest BCUT2D eigenvalue weighted by molar-refractivity contribution is 0.131. The van der Waals surface area contributed by atoms with Gasteiger partial charge in [-0.05, 0) is 12.1 Å². The third-order valence-electron chi connectivity index (χ3n) is 2.75. The number of aromatic nitrogens is 3. The van der Waals surface area contributed by atoms with Gasteiger partial charge in [-0.15, -0.1) is 0 Å². The molecule has 0 unspecified atom stereocenters. The van der Waals surface area contributed by atoms with Crippen LogP contribution in [0.1, 0.15) is 5.69 Å². The molecule has 2 rings (SSSR count). The number of fused-ring (bicyclic) bond motifs is 1. The minimum Gasteiger partial charge on any atom is -0.375 e. The van der Waals surface area contributed by atoms with Gasteiger partial charge in [-0.25, -0.2) is 4.98 Å². The minimum absolute atomic E-state index is 0.286. The van der Waals surface area contributed by atoms with Crippen molar-refractivity contribution in [2.24, 2.45) is 0 Å². The Morgan fingerprint density at radius 1 is 1.33 bits per heavy atom. The van der Waals surface area contributed by atoms with E-state index in [1.165, 1.54) is 0 Å². The van der Waals surface area contributed by atoms with Crippen molar-refractivity contribution in [3.8, 4) is 0 Å². The number of nitrogens with zero attached hydrogens (tertiary/aromatic N) is 2. The fourth-order valence-corrected chi connectivity index (χ4v) is 2.44. The molecule has 0 aliphatic rings. The SMILES string of the molecule is C[Si](C)(C)CCOCc1nc(N)nc2[nH]ccc12. The third kappa shape index (κ3) is 3.30. The maximum Gasteiger partial charge on any atom is 0.222 e. The Morgan fingerprint density at radius 3 is 2.83 bits per heavy atom. The van der Waals surface area contributed by atoms with Crippen LogP contribution in [0.25, 0.3) is 11.0 Å². The second-order valence-corrected chi connectivity index (χ2v) is 11.3. The van der Waals surface area contributed by atoms with Gasteiger partial charge in [0.1, 0.15) is 5.65 Å². The van der Waals surface area contributed by atoms with Gasteiger partial charge in [0.05, 0.1) is 12.3 Å². The summed E-state index contributed by atoms with van der Waals surface area (Å²) in [7, 11) is -1.04. The van der Waals surface area contributed by atoms with E-state index in [0.717, 1.165) is 29.4 Å². The molecule has 0 amide bonds. The maximum absolute atomic E-state index is 5.70. The summed E-state index contributed by atoms with van der Waals surface area (Å²) in [6.07, 6.45) is 1.84. The Kier molecular flexibility index (Phi) is 3.67. The van der Waals surface area contributed by atoms with Crippen LogP contribution in [0.3, 0.4) is 0 Å². The molecule has 0 spiro atoms. The van der Waals surface area contributed by atoms with Crippen molar-refractivity contribution in [2.75, 3.05) is 12.3 Å². The van der Waals surface area contributed by atoms with Crippen LogP contribution in [0.5, 0.6) is 0 Å². The van der Waals surface area contributed by atoms with E-state index in [-0.39, 0.29) is 5.95 Å². The average Bonchev–Trinajstić information content (AvgIpc) is 2.70. The van der Waals surface area contributed by atoms with Crippen LogP contribution in [-0.4, -0.2) is 29.6 Å². The Labute approximate surface area is 108 Å². The molecule has 5 nitrogen and oxygen atoms in total. The highest BCUT2D eigenvalue weighted by atomic mass is 28.3. The van der Waals surface area contributed by atoms with Crippen molar-refractivity contribution in [1.82, 2.24) is 15.0 Å². The second-order valence-electron chi connectivity index (χ2n) is 5.63. The monoisotopic (exact) mass is 264 g/mol. The summed E-state index contributed by atoms with van der Waals surface area (Å²) < 4.78 is 5.70. The van der Waals surface area contributed by atoms with Gasteiger partial charge < -0.3 is 15.5 Å². The zero-order valence-corrected chi connectivity index (χ0v) is 12.2. The molecule has 0 saturated heterocycles. The Morgan fingerprint density at radius 2 is 2.11 bits per heavy atom. The van der Waals surface area contributed by atoms with Gasteiger partial charge in [-0.1, -0.05) is 19.6 Å². The number of ether oxygens (including phenoxy) is 1. The van der Waals surface area contributed by atoms with E-state index in [9.17, 15) is 0 Å². The summed E-state index contributed by atoms with van der Waals surface area (Å²) in [6, 6.07) is 3.11. The van der Waals surface area contributed by atoms with E-state index in [0.29, 0.717) is 6.61 Å². The van der Waals surface area contributed by atoms with Gasteiger partial charge in [0.2, 0.25) is 5.95 Å². The zero-order chi connectivity index (χ0) is 13.2. The van der Waals surface area contributed by atoms with Crippen LogP contribution in [-0.2, 0) is 11.3 Å². The molecule has 2 aromatic heterocycles. The van der Waals surface area contributed by atoms with Crippen molar-refractivity contribution in [2.45, 2.75) is 32.3 Å². The summed E-state index contributed by atoms with van der Waals surface area (Å²) in [4.78, 5) is 11.4. The van der Waals surface area contributed by atoms with Gasteiger partial charge >= 0.3 is 0 Å². The van der Waals surface area contributed by atoms with Crippen molar-refractivity contribution < 1.29 is 4.74 Å². The number of nitrogens with one attached hydrogen (secondary N) is 1. The zero-order valence-electron chi connectivity index (χ0n) is 11.2. The molecular weight excluding hydrogens is 244 g/mol. The van der Waals surface area contributed by atoms with Gasteiger partial charge in [0, 0.05) is 26.3 Å². The number of nitrogen functional groups attached to an aromatic ring is 1. The van der Waals surface area contributed by atoms with Crippen LogP contribution in [0.15, 0.2) is 12.3 Å². The van der Waals surface area contributed by atoms with Gasteiger partial charge in [-0.2, -0.15) is 4.98 Å². The molecule has 2 aromatic rings. The summed E-state index contributed by atoms with van der Waals surface area (Å²) in [5, 5.41) is 0.984. The lowest BCUT2D eigenvalue weighted by Gasteiger charge is -2.15. The van der Waals surface area contributed by atoms with Gasteiger partial charge in [0.25, 0.3) is 0 Å². The fraction of sp³-hybridized carbons (Fsp3) is 0.500. The molecule has 0 aromatic carbocycles. The Hall–Kier alpha value is -1.40. The van der Waals surface area contributed by atoms with Crippen molar-refractivity contribution in [3.63, 3.8) is 0 Å². The summed E-state index contributed by atoms with van der Waals surface area (Å²) in [5.74, 6) is 0.286. The Balaban J connectivity index is 2.01. The molecule has 0 aliphatic carbocycles.